The second-order valence-corrected chi connectivity index (χ2v) is 5.80. The maximum absolute atomic E-state index is 12.6. The van der Waals surface area contributed by atoms with Crippen LogP contribution in [0, 0.1) is 0 Å². The highest BCUT2D eigenvalue weighted by Crippen LogP contribution is 2.18. The number of amides is 2. The number of hydrogen-bond acceptors (Lipinski definition) is 4. The summed E-state index contributed by atoms with van der Waals surface area (Å²) in [5, 5.41) is 18.3. The smallest absolute Gasteiger partial charge is 0.329 e. The van der Waals surface area contributed by atoms with Gasteiger partial charge in [-0.15, -0.1) is 0 Å². The third-order valence-corrected chi connectivity index (χ3v) is 4.02. The maximum Gasteiger partial charge on any atom is 0.329 e. The molecular formula is C14H27N3O4. The van der Waals surface area contributed by atoms with Crippen molar-refractivity contribution in [2.24, 2.45) is 0 Å². The highest BCUT2D eigenvalue weighted by molar-refractivity contribution is 5.85. The quantitative estimate of drug-likeness (QED) is 0.762. The number of carbonyl (C=O) groups is 2. The van der Waals surface area contributed by atoms with E-state index >= 15 is 0 Å². The molecule has 0 radical (unpaired) electrons. The average Bonchev–Trinajstić information content (AvgIpc) is 2.65. The predicted octanol–water partition coefficient (Wildman–Crippen LogP) is 0.292. The predicted molar refractivity (Wildman–Crippen MR) is 79.2 cm³/mol. The highest BCUT2D eigenvalue weighted by atomic mass is 16.4. The van der Waals surface area contributed by atoms with Gasteiger partial charge in [-0.25, -0.2) is 9.59 Å². The SMILES string of the molecule is CCN(C(=O)N1CCCN(CCO)CC1)C(C)(C)C(=O)O. The number of carbonyl (C=O) groups excluding carboxylic acids is 1. The fourth-order valence-corrected chi connectivity index (χ4v) is 2.58. The number of aliphatic hydroxyl groups excluding tert-OH is 1. The summed E-state index contributed by atoms with van der Waals surface area (Å²) in [6.45, 7) is 8.70. The van der Waals surface area contributed by atoms with Gasteiger partial charge in [0.1, 0.15) is 5.54 Å². The molecule has 0 aromatic heterocycles. The van der Waals surface area contributed by atoms with Gasteiger partial charge in [0.05, 0.1) is 6.61 Å². The van der Waals surface area contributed by atoms with Crippen LogP contribution < -0.4 is 0 Å². The minimum Gasteiger partial charge on any atom is -0.480 e. The lowest BCUT2D eigenvalue weighted by Gasteiger charge is -2.37. The van der Waals surface area contributed by atoms with Gasteiger partial charge in [0.15, 0.2) is 0 Å². The van der Waals surface area contributed by atoms with Crippen molar-refractivity contribution in [3.05, 3.63) is 0 Å². The normalized spacial score (nSPS) is 17.4. The van der Waals surface area contributed by atoms with Crippen molar-refractivity contribution < 1.29 is 19.8 Å². The summed E-state index contributed by atoms with van der Waals surface area (Å²) in [5.41, 5.74) is -1.22. The van der Waals surface area contributed by atoms with Gasteiger partial charge in [-0.3, -0.25) is 4.90 Å². The van der Waals surface area contributed by atoms with Gasteiger partial charge in [-0.05, 0) is 33.7 Å². The van der Waals surface area contributed by atoms with Gasteiger partial charge in [0.2, 0.25) is 0 Å². The molecule has 0 aromatic rings. The first-order chi connectivity index (χ1) is 9.84. The molecule has 0 spiro atoms. The molecular weight excluding hydrogens is 274 g/mol. The Kier molecular flexibility index (Phi) is 6.42. The van der Waals surface area contributed by atoms with Gasteiger partial charge < -0.3 is 20.0 Å². The summed E-state index contributed by atoms with van der Waals surface area (Å²) in [6, 6.07) is -0.226. The van der Waals surface area contributed by atoms with Crippen LogP contribution in [0.4, 0.5) is 4.79 Å². The van der Waals surface area contributed by atoms with E-state index in [-0.39, 0.29) is 12.6 Å². The van der Waals surface area contributed by atoms with Crippen molar-refractivity contribution in [3.63, 3.8) is 0 Å². The first kappa shape index (κ1) is 17.7. The number of urea groups is 1. The second-order valence-electron chi connectivity index (χ2n) is 5.80. The summed E-state index contributed by atoms with van der Waals surface area (Å²) in [4.78, 5) is 29.2. The van der Waals surface area contributed by atoms with Crippen LogP contribution in [0.1, 0.15) is 27.2 Å². The number of carboxylic acids is 1. The summed E-state index contributed by atoms with van der Waals surface area (Å²) >= 11 is 0. The summed E-state index contributed by atoms with van der Waals surface area (Å²) < 4.78 is 0. The molecule has 1 aliphatic rings. The van der Waals surface area contributed by atoms with Crippen LogP contribution in [-0.2, 0) is 4.79 Å². The molecule has 21 heavy (non-hydrogen) atoms. The molecule has 0 aliphatic carbocycles. The standard InChI is InChI=1S/C14H27N3O4/c1-4-17(14(2,3)12(19)20)13(21)16-7-5-6-15(8-9-16)10-11-18/h18H,4-11H2,1-3H3,(H,19,20). The number of rotatable bonds is 5. The fraction of sp³-hybridized carbons (Fsp3) is 0.857. The van der Waals surface area contributed by atoms with Crippen LogP contribution in [0.5, 0.6) is 0 Å². The van der Waals surface area contributed by atoms with E-state index in [1.165, 1.54) is 4.90 Å². The van der Waals surface area contributed by atoms with Gasteiger partial charge in [-0.2, -0.15) is 0 Å². The summed E-state index contributed by atoms with van der Waals surface area (Å²) in [7, 11) is 0. The van der Waals surface area contributed by atoms with E-state index < -0.39 is 11.5 Å². The Morgan fingerprint density at radius 1 is 1.19 bits per heavy atom. The first-order valence-corrected chi connectivity index (χ1v) is 7.47. The molecule has 7 heteroatoms. The lowest BCUT2D eigenvalue weighted by atomic mass is 10.0. The van der Waals surface area contributed by atoms with Crippen LogP contribution >= 0.6 is 0 Å². The lowest BCUT2D eigenvalue weighted by molar-refractivity contribution is -0.147. The Labute approximate surface area is 126 Å². The number of aliphatic hydroxyl groups is 1. The van der Waals surface area contributed by atoms with E-state index in [0.717, 1.165) is 13.0 Å². The topological polar surface area (TPSA) is 84.3 Å². The van der Waals surface area contributed by atoms with Crippen molar-refractivity contribution in [2.45, 2.75) is 32.7 Å². The largest absolute Gasteiger partial charge is 0.480 e. The zero-order chi connectivity index (χ0) is 16.0. The Balaban J connectivity index is 2.75. The number of likely N-dealkylation sites (N-methyl/N-ethyl adjacent to an activating group) is 1. The van der Waals surface area contributed by atoms with Crippen LogP contribution in [-0.4, -0.2) is 88.3 Å². The molecule has 122 valence electrons. The van der Waals surface area contributed by atoms with Crippen molar-refractivity contribution in [2.75, 3.05) is 45.9 Å². The van der Waals surface area contributed by atoms with E-state index in [4.69, 9.17) is 5.11 Å². The number of nitrogens with zero attached hydrogens (tertiary/aromatic N) is 3. The molecule has 1 rings (SSSR count). The average molecular weight is 301 g/mol. The molecule has 0 unspecified atom stereocenters. The molecule has 1 heterocycles. The van der Waals surface area contributed by atoms with Gasteiger partial charge in [-0.1, -0.05) is 0 Å². The van der Waals surface area contributed by atoms with E-state index in [9.17, 15) is 14.7 Å². The molecule has 1 aliphatic heterocycles. The molecule has 0 atom stereocenters. The van der Waals surface area contributed by atoms with E-state index in [0.29, 0.717) is 32.7 Å². The molecule has 0 aromatic carbocycles. The molecule has 7 nitrogen and oxygen atoms in total. The van der Waals surface area contributed by atoms with Gasteiger partial charge in [0.25, 0.3) is 0 Å². The zero-order valence-corrected chi connectivity index (χ0v) is 13.2. The number of β-amino-alcohol motifs (C(OH)–C–C–N with tert-alkyl or cyclic N) is 1. The zero-order valence-electron chi connectivity index (χ0n) is 13.2. The van der Waals surface area contributed by atoms with Crippen LogP contribution in [0.2, 0.25) is 0 Å². The number of hydrogen-bond donors (Lipinski definition) is 2. The van der Waals surface area contributed by atoms with Crippen molar-refractivity contribution in [3.8, 4) is 0 Å². The molecule has 1 saturated heterocycles. The summed E-state index contributed by atoms with van der Waals surface area (Å²) in [6.07, 6.45) is 0.830. The number of aliphatic carboxylic acids is 1. The van der Waals surface area contributed by atoms with Crippen LogP contribution in [0.15, 0.2) is 0 Å². The van der Waals surface area contributed by atoms with E-state index in [2.05, 4.69) is 4.90 Å². The second kappa shape index (κ2) is 7.61. The lowest BCUT2D eigenvalue weighted by Crippen LogP contribution is -2.57. The van der Waals surface area contributed by atoms with Crippen LogP contribution in [0.25, 0.3) is 0 Å². The molecule has 1 fully saturated rings. The Morgan fingerprint density at radius 3 is 2.38 bits per heavy atom. The Hall–Kier alpha value is -1.34. The monoisotopic (exact) mass is 301 g/mol. The molecule has 2 N–H and O–H groups in total. The number of carboxylic acid groups (broad SMARTS) is 1. The van der Waals surface area contributed by atoms with Crippen molar-refractivity contribution >= 4 is 12.0 Å². The van der Waals surface area contributed by atoms with E-state index in [1.54, 1.807) is 25.7 Å². The summed E-state index contributed by atoms with van der Waals surface area (Å²) in [5.74, 6) is -1.01. The fourth-order valence-electron chi connectivity index (χ4n) is 2.58. The first-order valence-electron chi connectivity index (χ1n) is 7.47. The van der Waals surface area contributed by atoms with Crippen LogP contribution in [0.3, 0.4) is 0 Å². The molecule has 2 amide bonds. The molecule has 0 bridgehead atoms. The third-order valence-electron chi connectivity index (χ3n) is 4.02. The highest BCUT2D eigenvalue weighted by Gasteiger charge is 2.38. The Bertz CT molecular complexity index is 373. The molecule has 0 saturated carbocycles. The van der Waals surface area contributed by atoms with Gasteiger partial charge >= 0.3 is 12.0 Å². The van der Waals surface area contributed by atoms with Gasteiger partial charge in [0, 0.05) is 32.7 Å². The minimum atomic E-state index is -1.22. The Morgan fingerprint density at radius 2 is 1.86 bits per heavy atom. The minimum absolute atomic E-state index is 0.112. The van der Waals surface area contributed by atoms with E-state index in [1.807, 2.05) is 0 Å². The van der Waals surface area contributed by atoms with Crippen molar-refractivity contribution in [1.82, 2.24) is 14.7 Å². The third kappa shape index (κ3) is 4.31. The maximum atomic E-state index is 12.6. The van der Waals surface area contributed by atoms with Crippen molar-refractivity contribution in [1.29, 1.82) is 0 Å².